The lowest BCUT2D eigenvalue weighted by Crippen LogP contribution is -2.23. The average molecular weight is 297 g/mol. The molecule has 0 unspecified atom stereocenters. The second kappa shape index (κ2) is 5.98. The highest BCUT2D eigenvalue weighted by atomic mass is 32.2. The largest absolute Gasteiger partial charge is 0.497 e. The van der Waals surface area contributed by atoms with E-state index in [1.807, 2.05) is 0 Å². The van der Waals surface area contributed by atoms with E-state index in [2.05, 4.69) is 4.72 Å². The van der Waals surface area contributed by atoms with Crippen LogP contribution in [0.5, 0.6) is 11.5 Å². The Morgan fingerprint density at radius 2 is 2.00 bits per heavy atom. The number of sulfonamides is 1. The minimum absolute atomic E-state index is 0.0194. The van der Waals surface area contributed by atoms with Gasteiger partial charge < -0.3 is 13.9 Å². The molecule has 6 nitrogen and oxygen atoms in total. The zero-order valence-electron chi connectivity index (χ0n) is 11.1. The van der Waals surface area contributed by atoms with Crippen molar-refractivity contribution in [2.75, 3.05) is 14.2 Å². The first-order valence-corrected chi connectivity index (χ1v) is 7.29. The molecule has 1 heterocycles. The van der Waals surface area contributed by atoms with Gasteiger partial charge in [0.1, 0.15) is 22.2 Å². The van der Waals surface area contributed by atoms with Crippen molar-refractivity contribution in [1.82, 2.24) is 4.72 Å². The summed E-state index contributed by atoms with van der Waals surface area (Å²) in [5.41, 5.74) is 0. The summed E-state index contributed by atoms with van der Waals surface area (Å²) >= 11 is 0. The summed E-state index contributed by atoms with van der Waals surface area (Å²) < 4.78 is 42.2. The lowest BCUT2D eigenvalue weighted by atomic mass is 10.3. The number of nitrogens with one attached hydrogen (secondary N) is 1. The molecule has 0 atom stereocenters. The molecule has 0 aliphatic carbocycles. The van der Waals surface area contributed by atoms with Crippen LogP contribution in [-0.4, -0.2) is 22.6 Å². The van der Waals surface area contributed by atoms with Crippen LogP contribution in [0, 0.1) is 0 Å². The molecule has 0 radical (unpaired) electrons. The van der Waals surface area contributed by atoms with Gasteiger partial charge in [0.2, 0.25) is 10.0 Å². The summed E-state index contributed by atoms with van der Waals surface area (Å²) in [4.78, 5) is 0.0194. The highest BCUT2D eigenvalue weighted by Gasteiger charge is 2.20. The number of hydrogen-bond donors (Lipinski definition) is 1. The van der Waals surface area contributed by atoms with E-state index >= 15 is 0 Å². The molecule has 0 fully saturated rings. The zero-order valence-corrected chi connectivity index (χ0v) is 11.9. The zero-order chi connectivity index (χ0) is 14.6. The lowest BCUT2D eigenvalue weighted by Gasteiger charge is -2.11. The lowest BCUT2D eigenvalue weighted by molar-refractivity contribution is 0.391. The highest BCUT2D eigenvalue weighted by Crippen LogP contribution is 2.28. The molecule has 0 bridgehead atoms. The summed E-state index contributed by atoms with van der Waals surface area (Å²) in [5.74, 6) is 1.21. The first-order chi connectivity index (χ1) is 9.56. The minimum Gasteiger partial charge on any atom is -0.497 e. The van der Waals surface area contributed by atoms with Crippen molar-refractivity contribution < 1.29 is 22.3 Å². The van der Waals surface area contributed by atoms with E-state index in [9.17, 15) is 8.42 Å². The van der Waals surface area contributed by atoms with Crippen LogP contribution in [0.2, 0.25) is 0 Å². The van der Waals surface area contributed by atoms with Gasteiger partial charge in [0.25, 0.3) is 0 Å². The highest BCUT2D eigenvalue weighted by molar-refractivity contribution is 7.89. The Balaban J connectivity index is 2.28. The monoisotopic (exact) mass is 297 g/mol. The van der Waals surface area contributed by atoms with Crippen molar-refractivity contribution in [1.29, 1.82) is 0 Å². The number of ether oxygens (including phenoxy) is 2. The van der Waals surface area contributed by atoms with Crippen LogP contribution < -0.4 is 14.2 Å². The Hall–Kier alpha value is -1.99. The summed E-state index contributed by atoms with van der Waals surface area (Å²) in [5, 5.41) is 0. The first-order valence-electron chi connectivity index (χ1n) is 5.81. The summed E-state index contributed by atoms with van der Waals surface area (Å²) in [7, 11) is -0.850. The van der Waals surface area contributed by atoms with Crippen molar-refractivity contribution in [2.45, 2.75) is 11.4 Å². The number of benzene rings is 1. The molecule has 0 saturated heterocycles. The van der Waals surface area contributed by atoms with Crippen LogP contribution in [-0.2, 0) is 16.6 Å². The molecule has 1 aromatic heterocycles. The molecular weight excluding hydrogens is 282 g/mol. The molecule has 108 valence electrons. The summed E-state index contributed by atoms with van der Waals surface area (Å²) in [6, 6.07) is 7.95. The molecule has 7 heteroatoms. The molecular formula is C13H15NO5S. The van der Waals surface area contributed by atoms with E-state index in [1.165, 1.54) is 26.5 Å². The predicted octanol–water partition coefficient (Wildman–Crippen LogP) is 1.78. The van der Waals surface area contributed by atoms with Gasteiger partial charge in [0, 0.05) is 6.07 Å². The third-order valence-corrected chi connectivity index (χ3v) is 4.10. The maximum Gasteiger partial charge on any atom is 0.244 e. The Morgan fingerprint density at radius 1 is 1.20 bits per heavy atom. The van der Waals surface area contributed by atoms with Crippen molar-refractivity contribution in [2.24, 2.45) is 0 Å². The Bertz CT molecular complexity index is 664. The van der Waals surface area contributed by atoms with Crippen LogP contribution in [0.1, 0.15) is 5.76 Å². The van der Waals surface area contributed by atoms with Gasteiger partial charge in [-0.3, -0.25) is 0 Å². The average Bonchev–Trinajstić information content (AvgIpc) is 2.98. The Kier molecular flexibility index (Phi) is 4.31. The predicted molar refractivity (Wildman–Crippen MR) is 72.3 cm³/mol. The second-order valence-electron chi connectivity index (χ2n) is 3.92. The molecule has 0 amide bonds. The maximum atomic E-state index is 12.3. The topological polar surface area (TPSA) is 77.8 Å². The van der Waals surface area contributed by atoms with Gasteiger partial charge in [-0.2, -0.15) is 0 Å². The van der Waals surface area contributed by atoms with Gasteiger partial charge in [-0.15, -0.1) is 0 Å². The van der Waals surface area contributed by atoms with E-state index < -0.39 is 10.0 Å². The number of furan rings is 1. The minimum atomic E-state index is -3.73. The number of methoxy groups -OCH3 is 2. The molecule has 20 heavy (non-hydrogen) atoms. The van der Waals surface area contributed by atoms with Crippen LogP contribution >= 0.6 is 0 Å². The smallest absolute Gasteiger partial charge is 0.244 e. The van der Waals surface area contributed by atoms with E-state index in [4.69, 9.17) is 13.9 Å². The van der Waals surface area contributed by atoms with Gasteiger partial charge in [-0.05, 0) is 24.3 Å². The maximum absolute atomic E-state index is 12.3. The fourth-order valence-corrected chi connectivity index (χ4v) is 2.83. The molecule has 0 aliphatic rings. The summed E-state index contributed by atoms with van der Waals surface area (Å²) in [6.45, 7) is 0.0652. The molecule has 0 aliphatic heterocycles. The molecule has 0 spiro atoms. The van der Waals surface area contributed by atoms with Crippen molar-refractivity contribution in [3.8, 4) is 11.5 Å². The first kappa shape index (κ1) is 14.4. The quantitative estimate of drug-likeness (QED) is 0.879. The molecule has 2 rings (SSSR count). The Labute approximate surface area is 117 Å². The molecule has 1 aromatic carbocycles. The standard InChI is InChI=1S/C13H15NO5S/c1-17-10-5-6-12(18-2)13(8-10)20(15,16)14-9-11-4-3-7-19-11/h3-8,14H,9H2,1-2H3. The van der Waals surface area contributed by atoms with Crippen molar-refractivity contribution in [3.63, 3.8) is 0 Å². The molecule has 1 N–H and O–H groups in total. The Morgan fingerprint density at radius 3 is 2.60 bits per heavy atom. The van der Waals surface area contributed by atoms with Crippen LogP contribution in [0.4, 0.5) is 0 Å². The number of hydrogen-bond acceptors (Lipinski definition) is 5. The molecule has 0 saturated carbocycles. The third kappa shape index (κ3) is 3.12. The van der Waals surface area contributed by atoms with Gasteiger partial charge in [0.15, 0.2) is 0 Å². The fraction of sp³-hybridized carbons (Fsp3) is 0.231. The number of rotatable bonds is 6. The van der Waals surface area contributed by atoms with E-state index in [-0.39, 0.29) is 17.2 Å². The van der Waals surface area contributed by atoms with Gasteiger partial charge in [0.05, 0.1) is 27.0 Å². The van der Waals surface area contributed by atoms with Crippen molar-refractivity contribution >= 4 is 10.0 Å². The SMILES string of the molecule is COc1ccc(OC)c(S(=O)(=O)NCc2ccco2)c1. The van der Waals surface area contributed by atoms with Crippen LogP contribution in [0.3, 0.4) is 0 Å². The second-order valence-corrected chi connectivity index (χ2v) is 5.66. The van der Waals surface area contributed by atoms with Gasteiger partial charge in [-0.1, -0.05) is 0 Å². The van der Waals surface area contributed by atoms with Gasteiger partial charge in [-0.25, -0.2) is 13.1 Å². The van der Waals surface area contributed by atoms with Crippen molar-refractivity contribution in [3.05, 3.63) is 42.4 Å². The third-order valence-electron chi connectivity index (χ3n) is 2.68. The van der Waals surface area contributed by atoms with E-state index in [1.54, 1.807) is 24.3 Å². The van der Waals surface area contributed by atoms with Gasteiger partial charge >= 0.3 is 0 Å². The normalized spacial score (nSPS) is 11.3. The van der Waals surface area contributed by atoms with E-state index in [0.29, 0.717) is 11.5 Å². The summed E-state index contributed by atoms with van der Waals surface area (Å²) in [6.07, 6.45) is 1.48. The van der Waals surface area contributed by atoms with E-state index in [0.717, 1.165) is 0 Å². The van der Waals surface area contributed by atoms with Crippen LogP contribution in [0.15, 0.2) is 45.9 Å². The molecule has 2 aromatic rings. The van der Waals surface area contributed by atoms with Crippen LogP contribution in [0.25, 0.3) is 0 Å². The fourth-order valence-electron chi connectivity index (χ4n) is 1.65.